The lowest BCUT2D eigenvalue weighted by molar-refractivity contribution is -0.145. The number of nitrogens with zero attached hydrogens (tertiary/aromatic N) is 3. The number of carbonyl (C=O) groups excluding carboxylic acids is 1. The number of carbonyl (C=O) groups is 1. The lowest BCUT2D eigenvalue weighted by Gasteiger charge is -2.16. The van der Waals surface area contributed by atoms with E-state index in [1.54, 1.807) is 18.2 Å². The van der Waals surface area contributed by atoms with Crippen molar-refractivity contribution in [2.75, 3.05) is 13.2 Å². The number of ether oxygens (including phenoxy) is 2. The molecule has 26 heavy (non-hydrogen) atoms. The van der Waals surface area contributed by atoms with Crippen LogP contribution in [0.5, 0.6) is 0 Å². The molecular formula is C18H25FN4O3. The van der Waals surface area contributed by atoms with Gasteiger partial charge in [-0.25, -0.2) is 9.07 Å². The molecule has 0 saturated carbocycles. The van der Waals surface area contributed by atoms with Crippen LogP contribution in [0.3, 0.4) is 0 Å². The van der Waals surface area contributed by atoms with Gasteiger partial charge in [-0.05, 0) is 38.8 Å². The number of hydrogen-bond donors (Lipinski definition) is 1. The molecule has 8 heteroatoms. The third kappa shape index (κ3) is 5.89. The predicted octanol–water partition coefficient (Wildman–Crippen LogP) is 2.18. The Balaban J connectivity index is 1.91. The molecule has 0 spiro atoms. The SMILES string of the molecule is CCOC(Cn1cc(C(=O)N[C@@H](C)Cc2ccccc2F)nn1)OCC. The molecule has 0 radical (unpaired) electrons. The molecule has 2 rings (SSSR count). The molecule has 1 heterocycles. The number of aromatic nitrogens is 3. The number of hydrogen-bond acceptors (Lipinski definition) is 5. The average Bonchev–Trinajstić information content (AvgIpc) is 3.06. The second kappa shape index (κ2) is 9.98. The van der Waals surface area contributed by atoms with Gasteiger partial charge in [0.15, 0.2) is 12.0 Å². The van der Waals surface area contributed by atoms with E-state index in [2.05, 4.69) is 15.6 Å². The number of amides is 1. The molecule has 0 aliphatic rings. The van der Waals surface area contributed by atoms with Crippen molar-refractivity contribution in [1.29, 1.82) is 0 Å². The van der Waals surface area contributed by atoms with Crippen molar-refractivity contribution in [3.05, 3.63) is 47.5 Å². The Morgan fingerprint density at radius 2 is 1.96 bits per heavy atom. The van der Waals surface area contributed by atoms with Crippen LogP contribution in [0.25, 0.3) is 0 Å². The molecule has 0 fully saturated rings. The van der Waals surface area contributed by atoms with Crippen molar-refractivity contribution in [3.8, 4) is 0 Å². The molecule has 1 aromatic heterocycles. The Morgan fingerprint density at radius 3 is 2.62 bits per heavy atom. The highest BCUT2D eigenvalue weighted by atomic mass is 19.1. The molecule has 0 saturated heterocycles. The topological polar surface area (TPSA) is 78.3 Å². The highest BCUT2D eigenvalue weighted by Gasteiger charge is 2.17. The number of rotatable bonds is 10. The normalized spacial score (nSPS) is 12.3. The summed E-state index contributed by atoms with van der Waals surface area (Å²) in [5, 5.41) is 10.6. The maximum atomic E-state index is 13.7. The van der Waals surface area contributed by atoms with Crippen LogP contribution >= 0.6 is 0 Å². The van der Waals surface area contributed by atoms with E-state index in [-0.39, 0.29) is 23.5 Å². The van der Waals surface area contributed by atoms with Crippen LogP contribution in [0, 0.1) is 5.82 Å². The largest absolute Gasteiger partial charge is 0.351 e. The van der Waals surface area contributed by atoms with Gasteiger partial charge in [-0.2, -0.15) is 0 Å². The molecular weight excluding hydrogens is 339 g/mol. The fourth-order valence-electron chi connectivity index (χ4n) is 2.51. The third-order valence-corrected chi connectivity index (χ3v) is 3.67. The van der Waals surface area contributed by atoms with E-state index in [1.807, 2.05) is 20.8 Å². The quantitative estimate of drug-likeness (QED) is 0.654. The van der Waals surface area contributed by atoms with E-state index in [0.717, 1.165) is 0 Å². The minimum atomic E-state index is -0.442. The van der Waals surface area contributed by atoms with Gasteiger partial charge in [0, 0.05) is 19.3 Å². The van der Waals surface area contributed by atoms with Crippen molar-refractivity contribution in [1.82, 2.24) is 20.3 Å². The van der Waals surface area contributed by atoms with Crippen molar-refractivity contribution in [2.45, 2.75) is 46.1 Å². The molecule has 1 aromatic carbocycles. The Labute approximate surface area is 152 Å². The molecule has 1 amide bonds. The van der Waals surface area contributed by atoms with Gasteiger partial charge in [-0.1, -0.05) is 23.4 Å². The summed E-state index contributed by atoms with van der Waals surface area (Å²) in [7, 11) is 0. The Hall–Kier alpha value is -2.32. The van der Waals surface area contributed by atoms with E-state index in [4.69, 9.17) is 9.47 Å². The summed E-state index contributed by atoms with van der Waals surface area (Å²) in [6.07, 6.45) is 1.49. The zero-order valence-corrected chi connectivity index (χ0v) is 15.3. The lowest BCUT2D eigenvalue weighted by Crippen LogP contribution is -2.34. The zero-order valence-electron chi connectivity index (χ0n) is 15.3. The fourth-order valence-corrected chi connectivity index (χ4v) is 2.51. The molecule has 142 valence electrons. The maximum absolute atomic E-state index is 13.7. The lowest BCUT2D eigenvalue weighted by atomic mass is 10.1. The fraction of sp³-hybridized carbons (Fsp3) is 0.500. The Morgan fingerprint density at radius 1 is 1.27 bits per heavy atom. The highest BCUT2D eigenvalue weighted by molar-refractivity contribution is 5.92. The molecule has 1 atom stereocenters. The number of nitrogens with one attached hydrogen (secondary N) is 1. The van der Waals surface area contributed by atoms with Crippen molar-refractivity contribution >= 4 is 5.91 Å². The summed E-state index contributed by atoms with van der Waals surface area (Å²) in [6, 6.07) is 6.27. The van der Waals surface area contributed by atoms with Crippen LogP contribution < -0.4 is 5.32 Å². The second-order valence-electron chi connectivity index (χ2n) is 5.84. The first-order valence-corrected chi connectivity index (χ1v) is 8.71. The van der Waals surface area contributed by atoms with Gasteiger partial charge in [0.25, 0.3) is 5.91 Å². The van der Waals surface area contributed by atoms with Crippen LogP contribution in [-0.4, -0.2) is 46.4 Å². The molecule has 0 aliphatic carbocycles. The Kier molecular flexibility index (Phi) is 7.68. The van der Waals surface area contributed by atoms with E-state index in [0.29, 0.717) is 31.7 Å². The molecule has 2 aromatic rings. The number of benzene rings is 1. The van der Waals surface area contributed by atoms with Gasteiger partial charge in [-0.3, -0.25) is 4.79 Å². The standard InChI is InChI=1S/C18H25FN4O3/c1-4-25-17(26-5-2)12-23-11-16(21-22-23)18(24)20-13(3)10-14-8-6-7-9-15(14)19/h6-9,11,13,17H,4-5,10,12H2,1-3H3,(H,20,24)/t13-/m0/s1. The molecule has 0 bridgehead atoms. The average molecular weight is 364 g/mol. The van der Waals surface area contributed by atoms with Crippen LogP contribution in [0.1, 0.15) is 36.8 Å². The Bertz CT molecular complexity index is 701. The smallest absolute Gasteiger partial charge is 0.273 e. The van der Waals surface area contributed by atoms with Gasteiger partial charge in [-0.15, -0.1) is 5.10 Å². The van der Waals surface area contributed by atoms with Crippen LogP contribution in [-0.2, 0) is 22.4 Å². The summed E-state index contributed by atoms with van der Waals surface area (Å²) >= 11 is 0. The van der Waals surface area contributed by atoms with E-state index in [1.165, 1.54) is 16.9 Å². The first-order chi connectivity index (χ1) is 12.5. The molecule has 1 N–H and O–H groups in total. The summed E-state index contributed by atoms with van der Waals surface area (Å²) in [5.41, 5.74) is 0.748. The van der Waals surface area contributed by atoms with Gasteiger partial charge in [0.05, 0.1) is 12.7 Å². The second-order valence-corrected chi connectivity index (χ2v) is 5.84. The summed E-state index contributed by atoms with van der Waals surface area (Å²) in [4.78, 5) is 12.3. The molecule has 0 unspecified atom stereocenters. The van der Waals surface area contributed by atoms with Crippen molar-refractivity contribution < 1.29 is 18.7 Å². The van der Waals surface area contributed by atoms with Gasteiger partial charge in [0.1, 0.15) is 5.82 Å². The highest BCUT2D eigenvalue weighted by Crippen LogP contribution is 2.09. The monoisotopic (exact) mass is 364 g/mol. The van der Waals surface area contributed by atoms with E-state index >= 15 is 0 Å². The minimum Gasteiger partial charge on any atom is -0.351 e. The number of halogens is 1. The zero-order chi connectivity index (χ0) is 18.9. The summed E-state index contributed by atoms with van der Waals surface area (Å²) < 4.78 is 26.1. The summed E-state index contributed by atoms with van der Waals surface area (Å²) in [5.74, 6) is -0.637. The maximum Gasteiger partial charge on any atom is 0.273 e. The van der Waals surface area contributed by atoms with Crippen LogP contribution in [0.2, 0.25) is 0 Å². The van der Waals surface area contributed by atoms with Crippen molar-refractivity contribution in [3.63, 3.8) is 0 Å². The first-order valence-electron chi connectivity index (χ1n) is 8.71. The first kappa shape index (κ1) is 20.0. The van der Waals surface area contributed by atoms with Gasteiger partial charge in [0.2, 0.25) is 0 Å². The van der Waals surface area contributed by atoms with E-state index in [9.17, 15) is 9.18 Å². The minimum absolute atomic E-state index is 0.192. The van der Waals surface area contributed by atoms with Gasteiger partial charge < -0.3 is 14.8 Å². The van der Waals surface area contributed by atoms with Crippen LogP contribution in [0.4, 0.5) is 4.39 Å². The molecule has 7 nitrogen and oxygen atoms in total. The van der Waals surface area contributed by atoms with Crippen LogP contribution in [0.15, 0.2) is 30.5 Å². The van der Waals surface area contributed by atoms with Crippen molar-refractivity contribution in [2.24, 2.45) is 0 Å². The molecule has 0 aliphatic heterocycles. The van der Waals surface area contributed by atoms with E-state index < -0.39 is 6.29 Å². The van der Waals surface area contributed by atoms with Gasteiger partial charge >= 0.3 is 0 Å². The predicted molar refractivity (Wildman–Crippen MR) is 94.1 cm³/mol. The third-order valence-electron chi connectivity index (χ3n) is 3.67. The summed E-state index contributed by atoms with van der Waals surface area (Å²) in [6.45, 7) is 6.94.